The van der Waals surface area contributed by atoms with Crippen LogP contribution in [0.1, 0.15) is 154 Å². The summed E-state index contributed by atoms with van der Waals surface area (Å²) in [4.78, 5) is 0. The van der Waals surface area contributed by atoms with Gasteiger partial charge in [-0.05, 0) is 77.0 Å². The van der Waals surface area contributed by atoms with Gasteiger partial charge in [-0.15, -0.1) is 19.7 Å². The van der Waals surface area contributed by atoms with Crippen molar-refractivity contribution >= 4 is 0 Å². The molecule has 0 unspecified atom stereocenters. The Morgan fingerprint density at radius 2 is 0.556 bits per heavy atom. The van der Waals surface area contributed by atoms with Gasteiger partial charge in [0.2, 0.25) is 0 Å². The number of unbranched alkanes of at least 4 members (excludes halogenated alkanes) is 18. The summed E-state index contributed by atoms with van der Waals surface area (Å²) in [6, 6.07) is 0. The van der Waals surface area contributed by atoms with Crippen LogP contribution in [0.4, 0.5) is 0 Å². The van der Waals surface area contributed by atoms with Crippen LogP contribution in [0.3, 0.4) is 0 Å². The third-order valence-corrected chi connectivity index (χ3v) is 7.20. The second-order valence-electron chi connectivity index (χ2n) is 10.7. The molecule has 0 spiro atoms. The molecule has 0 aromatic rings. The van der Waals surface area contributed by atoms with Gasteiger partial charge in [-0.25, -0.2) is 0 Å². The Morgan fingerprint density at radius 1 is 0.333 bits per heavy atom. The van der Waals surface area contributed by atoms with E-state index in [-0.39, 0.29) is 18.9 Å². The molecule has 0 aromatic heterocycles. The zero-order chi connectivity index (χ0) is 25.9. The fourth-order valence-corrected chi connectivity index (χ4v) is 4.93. The highest BCUT2D eigenvalue weighted by Crippen LogP contribution is 2.26. The van der Waals surface area contributed by atoms with Crippen molar-refractivity contribution in [1.29, 1.82) is 0 Å². The fourth-order valence-electron chi connectivity index (χ4n) is 4.93. The van der Waals surface area contributed by atoms with Crippen LogP contribution in [0.5, 0.6) is 0 Å². The monoisotopic (exact) mass is 504 g/mol. The van der Waals surface area contributed by atoms with Crippen LogP contribution in [-0.4, -0.2) is 18.9 Å². The second kappa shape index (κ2) is 25.7. The van der Waals surface area contributed by atoms with Crippen molar-refractivity contribution in [3.05, 3.63) is 38.0 Å². The van der Waals surface area contributed by atoms with E-state index in [1.807, 2.05) is 18.2 Å². The number of allylic oxidation sites excluding steroid dienone is 3. The molecule has 0 N–H and O–H groups in total. The molecule has 3 nitrogen and oxygen atoms in total. The molecule has 0 aromatic carbocycles. The average molecular weight is 505 g/mol. The van der Waals surface area contributed by atoms with Gasteiger partial charge < -0.3 is 14.2 Å². The second-order valence-corrected chi connectivity index (χ2v) is 10.7. The molecule has 0 atom stereocenters. The largest absolute Gasteiger partial charge is 0.324 e. The van der Waals surface area contributed by atoms with Crippen molar-refractivity contribution in [1.82, 2.24) is 0 Å². The van der Waals surface area contributed by atoms with E-state index < -0.39 is 0 Å². The molecular weight excluding hydrogens is 444 g/mol. The van der Waals surface area contributed by atoms with E-state index in [2.05, 4.69) is 19.7 Å². The topological polar surface area (TPSA) is 27.7 Å². The molecule has 0 saturated carbocycles. The molecule has 210 valence electrons. The Kier molecular flexibility index (Phi) is 23.7. The average Bonchev–Trinajstić information content (AvgIpc) is 2.89. The summed E-state index contributed by atoms with van der Waals surface area (Å²) >= 11 is 0. The smallest absolute Gasteiger partial charge is 0.163 e. The van der Waals surface area contributed by atoms with Gasteiger partial charge in [0.05, 0.1) is 0 Å². The minimum atomic E-state index is -0.0904. The summed E-state index contributed by atoms with van der Waals surface area (Å²) < 4.78 is 18.7. The Morgan fingerprint density at radius 3 is 0.806 bits per heavy atom. The summed E-state index contributed by atoms with van der Waals surface area (Å²) in [6.45, 7) is 11.4. The van der Waals surface area contributed by atoms with Gasteiger partial charge in [0.25, 0.3) is 0 Å². The Hall–Kier alpha value is -0.900. The van der Waals surface area contributed by atoms with Gasteiger partial charge in [-0.2, -0.15) is 0 Å². The van der Waals surface area contributed by atoms with Crippen molar-refractivity contribution in [2.45, 2.75) is 173 Å². The van der Waals surface area contributed by atoms with E-state index in [0.717, 1.165) is 38.5 Å². The standard InChI is InChI=1S/C33H60O3/c1-4-7-10-13-16-19-22-25-28-31-34-32(29-26-23-20-17-14-11-8-5-2)36-33(35-31)30-27-24-21-18-15-12-9-6-3/h4-6,31-33H,1-3,7-30H2. The van der Waals surface area contributed by atoms with E-state index in [4.69, 9.17) is 14.2 Å². The lowest BCUT2D eigenvalue weighted by molar-refractivity contribution is -0.386. The molecule has 3 heteroatoms. The van der Waals surface area contributed by atoms with E-state index >= 15 is 0 Å². The first-order valence-corrected chi connectivity index (χ1v) is 15.6. The summed E-state index contributed by atoms with van der Waals surface area (Å²) in [5, 5.41) is 0. The lowest BCUT2D eigenvalue weighted by Crippen LogP contribution is -2.40. The molecule has 1 heterocycles. The maximum absolute atomic E-state index is 6.24. The number of ether oxygens (including phenoxy) is 3. The molecule has 1 saturated heterocycles. The highest BCUT2D eigenvalue weighted by molar-refractivity contribution is 4.67. The highest BCUT2D eigenvalue weighted by atomic mass is 16.9. The van der Waals surface area contributed by atoms with E-state index in [0.29, 0.717) is 0 Å². The van der Waals surface area contributed by atoms with Gasteiger partial charge in [0, 0.05) is 0 Å². The van der Waals surface area contributed by atoms with Crippen molar-refractivity contribution in [2.24, 2.45) is 0 Å². The zero-order valence-corrected chi connectivity index (χ0v) is 23.8. The maximum Gasteiger partial charge on any atom is 0.163 e. The minimum Gasteiger partial charge on any atom is -0.324 e. The lowest BCUT2D eigenvalue weighted by Gasteiger charge is -2.36. The van der Waals surface area contributed by atoms with Gasteiger partial charge in [0.1, 0.15) is 0 Å². The molecule has 0 radical (unpaired) electrons. The SMILES string of the molecule is C=CCCCCCCCCC1OC(CCCCCCCCC=C)OC(CCCCCCCCC=C)O1. The zero-order valence-electron chi connectivity index (χ0n) is 23.8. The summed E-state index contributed by atoms with van der Waals surface area (Å²) in [5.41, 5.74) is 0. The van der Waals surface area contributed by atoms with Gasteiger partial charge in [0.15, 0.2) is 18.9 Å². The van der Waals surface area contributed by atoms with Crippen molar-refractivity contribution in [2.75, 3.05) is 0 Å². The third-order valence-electron chi connectivity index (χ3n) is 7.20. The first-order valence-electron chi connectivity index (χ1n) is 15.6. The van der Waals surface area contributed by atoms with Crippen LogP contribution in [0.25, 0.3) is 0 Å². The van der Waals surface area contributed by atoms with Crippen LogP contribution >= 0.6 is 0 Å². The molecule has 1 aliphatic heterocycles. The summed E-state index contributed by atoms with van der Waals surface area (Å²) in [6.07, 6.45) is 35.3. The van der Waals surface area contributed by atoms with Crippen molar-refractivity contribution in [3.63, 3.8) is 0 Å². The van der Waals surface area contributed by atoms with Crippen molar-refractivity contribution in [3.8, 4) is 0 Å². The van der Waals surface area contributed by atoms with Crippen LogP contribution in [-0.2, 0) is 14.2 Å². The molecule has 0 amide bonds. The van der Waals surface area contributed by atoms with Crippen LogP contribution < -0.4 is 0 Å². The minimum absolute atomic E-state index is 0.0904. The third kappa shape index (κ3) is 20.2. The quantitative estimate of drug-likeness (QED) is 0.0822. The number of rotatable bonds is 27. The summed E-state index contributed by atoms with van der Waals surface area (Å²) in [7, 11) is 0. The molecule has 1 aliphatic rings. The van der Waals surface area contributed by atoms with Crippen LogP contribution in [0, 0.1) is 0 Å². The molecule has 0 aliphatic carbocycles. The molecule has 36 heavy (non-hydrogen) atoms. The predicted molar refractivity (Wildman–Crippen MR) is 156 cm³/mol. The number of hydrogen-bond acceptors (Lipinski definition) is 3. The van der Waals surface area contributed by atoms with Gasteiger partial charge in [-0.3, -0.25) is 0 Å². The van der Waals surface area contributed by atoms with Gasteiger partial charge in [-0.1, -0.05) is 95.3 Å². The number of hydrogen-bond donors (Lipinski definition) is 0. The van der Waals surface area contributed by atoms with Crippen LogP contribution in [0.15, 0.2) is 38.0 Å². The normalized spacial score (nSPS) is 19.8. The Labute approximate surface area is 225 Å². The molecule has 1 fully saturated rings. The van der Waals surface area contributed by atoms with Gasteiger partial charge >= 0.3 is 0 Å². The van der Waals surface area contributed by atoms with Crippen LogP contribution in [0.2, 0.25) is 0 Å². The summed E-state index contributed by atoms with van der Waals surface area (Å²) in [5.74, 6) is 0. The lowest BCUT2D eigenvalue weighted by atomic mass is 10.1. The predicted octanol–water partition coefficient (Wildman–Crippen LogP) is 10.9. The van der Waals surface area contributed by atoms with Crippen molar-refractivity contribution < 1.29 is 14.2 Å². The first kappa shape index (κ1) is 33.1. The van der Waals surface area contributed by atoms with E-state index in [1.165, 1.54) is 116 Å². The Bertz CT molecular complexity index is 426. The maximum atomic E-state index is 6.24. The Balaban J connectivity index is 2.27. The molecular formula is C33H60O3. The molecule has 1 rings (SSSR count). The highest BCUT2D eigenvalue weighted by Gasteiger charge is 2.29. The van der Waals surface area contributed by atoms with E-state index in [9.17, 15) is 0 Å². The fraction of sp³-hybridized carbons (Fsp3) is 0.818. The first-order chi connectivity index (χ1) is 17.8. The van der Waals surface area contributed by atoms with E-state index in [1.54, 1.807) is 0 Å². The molecule has 0 bridgehead atoms.